The number of aliphatic hydroxyl groups is 1. The molecule has 0 spiro atoms. The third kappa shape index (κ3) is 4.35. The summed E-state index contributed by atoms with van der Waals surface area (Å²) in [6.45, 7) is 4.31. The van der Waals surface area contributed by atoms with E-state index in [2.05, 4.69) is 32.0 Å². The molecule has 1 nitrogen and oxygen atoms in total. The lowest BCUT2D eigenvalue weighted by Gasteiger charge is -2.20. The lowest BCUT2D eigenvalue weighted by Crippen LogP contribution is -2.17. The fraction of sp³-hybridized carbons (Fsp3) is 0.667. The smallest absolute Gasteiger partial charge is 0.0583 e. The Bertz CT molecular complexity index is 368. The van der Waals surface area contributed by atoms with Gasteiger partial charge in [-0.05, 0) is 49.3 Å². The normalized spacial score (nSPS) is 19.1. The second-order valence-corrected chi connectivity index (χ2v) is 6.32. The van der Waals surface area contributed by atoms with Crippen molar-refractivity contribution in [1.82, 2.24) is 0 Å². The molecule has 0 aliphatic heterocycles. The Morgan fingerprint density at radius 1 is 1.05 bits per heavy atom. The highest BCUT2D eigenvalue weighted by molar-refractivity contribution is 5.33. The van der Waals surface area contributed by atoms with Crippen molar-refractivity contribution in [3.05, 3.63) is 34.9 Å². The molecule has 0 radical (unpaired) electrons. The fourth-order valence-corrected chi connectivity index (χ4v) is 3.47. The van der Waals surface area contributed by atoms with Crippen LogP contribution in [-0.2, 0) is 6.42 Å². The maximum absolute atomic E-state index is 10.4. The number of aliphatic hydroxyl groups excluding tert-OH is 1. The van der Waals surface area contributed by atoms with Gasteiger partial charge in [0.2, 0.25) is 0 Å². The third-order valence-electron chi connectivity index (χ3n) is 4.66. The third-order valence-corrected chi connectivity index (χ3v) is 4.66. The van der Waals surface area contributed by atoms with E-state index in [0.29, 0.717) is 0 Å². The van der Waals surface area contributed by atoms with Gasteiger partial charge in [0, 0.05) is 0 Å². The van der Waals surface area contributed by atoms with E-state index in [1.54, 1.807) is 0 Å². The highest BCUT2D eigenvalue weighted by atomic mass is 16.3. The van der Waals surface area contributed by atoms with Crippen LogP contribution in [-0.4, -0.2) is 11.2 Å². The van der Waals surface area contributed by atoms with E-state index >= 15 is 0 Å². The molecule has 0 heterocycles. The maximum Gasteiger partial charge on any atom is 0.0583 e. The zero-order chi connectivity index (χ0) is 13.7. The largest absolute Gasteiger partial charge is 0.393 e. The number of rotatable bonds is 4. The topological polar surface area (TPSA) is 20.2 Å². The monoisotopic (exact) mass is 260 g/mol. The van der Waals surface area contributed by atoms with Crippen molar-refractivity contribution < 1.29 is 5.11 Å². The van der Waals surface area contributed by atoms with Crippen molar-refractivity contribution in [2.75, 3.05) is 0 Å². The van der Waals surface area contributed by atoms with E-state index < -0.39 is 0 Å². The highest BCUT2D eigenvalue weighted by Crippen LogP contribution is 2.27. The van der Waals surface area contributed by atoms with Crippen LogP contribution in [0.4, 0.5) is 0 Å². The summed E-state index contributed by atoms with van der Waals surface area (Å²) in [5, 5.41) is 10.4. The minimum absolute atomic E-state index is 0.164. The van der Waals surface area contributed by atoms with Crippen LogP contribution in [0.2, 0.25) is 0 Å². The van der Waals surface area contributed by atoms with Crippen molar-refractivity contribution in [2.24, 2.45) is 5.92 Å². The molecular weight excluding hydrogens is 232 g/mol. The second-order valence-electron chi connectivity index (χ2n) is 6.32. The molecule has 1 heteroatoms. The van der Waals surface area contributed by atoms with E-state index in [0.717, 1.165) is 18.8 Å². The van der Waals surface area contributed by atoms with Gasteiger partial charge in [0.1, 0.15) is 0 Å². The maximum atomic E-state index is 10.4. The molecule has 0 amide bonds. The number of hydrogen-bond donors (Lipinski definition) is 1. The van der Waals surface area contributed by atoms with Gasteiger partial charge in [-0.3, -0.25) is 0 Å². The van der Waals surface area contributed by atoms with Gasteiger partial charge >= 0.3 is 0 Å². The Balaban J connectivity index is 1.91. The van der Waals surface area contributed by atoms with Crippen LogP contribution in [0.25, 0.3) is 0 Å². The summed E-state index contributed by atoms with van der Waals surface area (Å²) >= 11 is 0. The average molecular weight is 260 g/mol. The van der Waals surface area contributed by atoms with Gasteiger partial charge in [-0.25, -0.2) is 0 Å². The number of aryl methyl sites for hydroxylation is 2. The van der Waals surface area contributed by atoms with Crippen LogP contribution >= 0.6 is 0 Å². The molecule has 1 atom stereocenters. The van der Waals surface area contributed by atoms with E-state index in [1.807, 2.05) is 0 Å². The molecule has 1 N–H and O–H groups in total. The zero-order valence-electron chi connectivity index (χ0n) is 12.5. The summed E-state index contributed by atoms with van der Waals surface area (Å²) in [5.41, 5.74) is 3.99. The van der Waals surface area contributed by atoms with Gasteiger partial charge in [0.25, 0.3) is 0 Å². The molecule has 1 fully saturated rings. The summed E-state index contributed by atoms with van der Waals surface area (Å²) < 4.78 is 0. The molecule has 106 valence electrons. The number of hydrogen-bond acceptors (Lipinski definition) is 1. The van der Waals surface area contributed by atoms with Crippen molar-refractivity contribution >= 4 is 0 Å². The minimum Gasteiger partial charge on any atom is -0.393 e. The molecule has 1 unspecified atom stereocenters. The van der Waals surface area contributed by atoms with Crippen LogP contribution in [0.15, 0.2) is 18.2 Å². The quantitative estimate of drug-likeness (QED) is 0.786. The first-order chi connectivity index (χ1) is 9.16. The Kier molecular flexibility index (Phi) is 5.45. The summed E-state index contributed by atoms with van der Waals surface area (Å²) in [6.07, 6.45) is 9.81. The summed E-state index contributed by atoms with van der Waals surface area (Å²) in [7, 11) is 0. The molecule has 1 aliphatic rings. The Morgan fingerprint density at radius 3 is 2.21 bits per heavy atom. The SMILES string of the molecule is Cc1cccc(C)c1CC(O)CC1CCCCCC1. The predicted molar refractivity (Wildman–Crippen MR) is 81.4 cm³/mol. The number of benzene rings is 1. The van der Waals surface area contributed by atoms with Gasteiger partial charge in [-0.15, -0.1) is 0 Å². The molecule has 1 aromatic carbocycles. The van der Waals surface area contributed by atoms with Crippen LogP contribution in [0.3, 0.4) is 0 Å². The van der Waals surface area contributed by atoms with Crippen LogP contribution in [0.5, 0.6) is 0 Å². The fourth-order valence-electron chi connectivity index (χ4n) is 3.47. The van der Waals surface area contributed by atoms with Gasteiger partial charge in [-0.1, -0.05) is 56.7 Å². The highest BCUT2D eigenvalue weighted by Gasteiger charge is 2.17. The first-order valence-electron chi connectivity index (χ1n) is 7.90. The predicted octanol–water partition coefficient (Wildman–Crippen LogP) is 4.57. The van der Waals surface area contributed by atoms with Crippen LogP contribution < -0.4 is 0 Å². The zero-order valence-corrected chi connectivity index (χ0v) is 12.5. The van der Waals surface area contributed by atoms with E-state index in [9.17, 15) is 5.11 Å². The second kappa shape index (κ2) is 7.09. The summed E-state index contributed by atoms with van der Waals surface area (Å²) in [4.78, 5) is 0. The molecule has 19 heavy (non-hydrogen) atoms. The Morgan fingerprint density at radius 2 is 1.63 bits per heavy atom. The van der Waals surface area contributed by atoms with Crippen molar-refractivity contribution in [2.45, 2.75) is 71.3 Å². The van der Waals surface area contributed by atoms with Gasteiger partial charge in [0.05, 0.1) is 6.10 Å². The minimum atomic E-state index is -0.164. The molecule has 0 aromatic heterocycles. The van der Waals surface area contributed by atoms with E-state index in [-0.39, 0.29) is 6.10 Å². The standard InChI is InChI=1S/C18H28O/c1-14-8-7-9-15(2)18(14)13-17(19)12-16-10-5-3-4-6-11-16/h7-9,16-17,19H,3-6,10-13H2,1-2H3. The molecule has 1 aromatic rings. The Labute approximate surface area is 118 Å². The van der Waals surface area contributed by atoms with E-state index in [4.69, 9.17) is 0 Å². The van der Waals surface area contributed by atoms with E-state index in [1.165, 1.54) is 55.2 Å². The summed E-state index contributed by atoms with van der Waals surface area (Å²) in [6, 6.07) is 6.41. The van der Waals surface area contributed by atoms with Gasteiger partial charge < -0.3 is 5.11 Å². The lowest BCUT2D eigenvalue weighted by atomic mass is 9.89. The molecule has 1 saturated carbocycles. The molecule has 1 aliphatic carbocycles. The molecule has 0 bridgehead atoms. The molecule has 2 rings (SSSR count). The first kappa shape index (κ1) is 14.6. The van der Waals surface area contributed by atoms with Crippen molar-refractivity contribution in [3.8, 4) is 0 Å². The summed E-state index contributed by atoms with van der Waals surface area (Å²) in [5.74, 6) is 0.752. The van der Waals surface area contributed by atoms with Crippen molar-refractivity contribution in [3.63, 3.8) is 0 Å². The molecule has 0 saturated heterocycles. The first-order valence-corrected chi connectivity index (χ1v) is 7.90. The average Bonchev–Trinajstić information content (AvgIpc) is 2.63. The molecular formula is C18H28O. The van der Waals surface area contributed by atoms with Crippen LogP contribution in [0, 0.1) is 19.8 Å². The lowest BCUT2D eigenvalue weighted by molar-refractivity contribution is 0.137. The Hall–Kier alpha value is -0.820. The van der Waals surface area contributed by atoms with Crippen molar-refractivity contribution in [1.29, 1.82) is 0 Å². The van der Waals surface area contributed by atoms with Gasteiger partial charge in [-0.2, -0.15) is 0 Å². The van der Waals surface area contributed by atoms with Gasteiger partial charge in [0.15, 0.2) is 0 Å². The van der Waals surface area contributed by atoms with Crippen LogP contribution in [0.1, 0.15) is 61.6 Å².